The number of ketones is 1. The Morgan fingerprint density at radius 1 is 1.02 bits per heavy atom. The van der Waals surface area contributed by atoms with Crippen LogP contribution in [0.5, 0.6) is 0 Å². The van der Waals surface area contributed by atoms with E-state index in [1.54, 1.807) is 13.0 Å². The van der Waals surface area contributed by atoms with Gasteiger partial charge in [0.15, 0.2) is 11.7 Å². The number of unbranched alkanes of at least 4 members (excludes halogenated alkanes) is 3. The molecule has 288 valence electrons. The number of carbonyl (C=O) groups is 4. The lowest BCUT2D eigenvalue weighted by molar-refractivity contribution is -0.229. The molecule has 10 atom stereocenters. The van der Waals surface area contributed by atoms with Crippen molar-refractivity contribution in [2.24, 2.45) is 45.0 Å². The summed E-state index contributed by atoms with van der Waals surface area (Å²) < 4.78 is 11.0. The van der Waals surface area contributed by atoms with Crippen LogP contribution in [0, 0.1) is 28.6 Å². The van der Waals surface area contributed by atoms with Crippen LogP contribution in [0.2, 0.25) is 0 Å². The van der Waals surface area contributed by atoms with E-state index in [0.29, 0.717) is 69.8 Å². The van der Waals surface area contributed by atoms with E-state index in [-0.39, 0.29) is 73.3 Å². The second-order valence-corrected chi connectivity index (χ2v) is 16.0. The summed E-state index contributed by atoms with van der Waals surface area (Å²) in [5.74, 6) is -3.05. The standard InChI is InChI=1S/C38H56N4O10/c1-36-17-15-24(52-30(45)10-6-4-3-5-9-28(43)42-27(34(48)49)8-7-19-41-35(39)40)20-23(36)12-13-26-31(36)32(46)33(47)37(2)25(16-18-38(26,37)50)22-11-14-29(44)51-21-22/h11,14,21,23-27,31-32,46,50H,3-10,12-13,15-20H2,1-2H3,(H,42,43)(H,48,49)(H4,39,40,41)/t23-,24+,25-,26-,27+,31-,32+,36+,37+,38+/m1/s1. The first-order valence-corrected chi connectivity index (χ1v) is 18.9. The molecule has 4 aliphatic carbocycles. The maximum absolute atomic E-state index is 14.2. The summed E-state index contributed by atoms with van der Waals surface area (Å²) >= 11 is 0. The van der Waals surface area contributed by atoms with E-state index in [1.165, 1.54) is 12.3 Å². The highest BCUT2D eigenvalue weighted by Crippen LogP contribution is 2.69. The molecule has 1 aromatic rings. The number of Topliss-reactive ketones (excluding diaryl/α,β-unsaturated/α-hetero) is 1. The Kier molecular flexibility index (Phi) is 12.2. The van der Waals surface area contributed by atoms with Crippen molar-refractivity contribution in [2.45, 2.75) is 140 Å². The fourth-order valence-electron chi connectivity index (χ4n) is 10.4. The second-order valence-electron chi connectivity index (χ2n) is 16.0. The highest BCUT2D eigenvalue weighted by molar-refractivity contribution is 5.93. The lowest BCUT2D eigenvalue weighted by Crippen LogP contribution is -2.70. The SMILES string of the molecule is C[C@]12CC[C@H](OC(=O)CCCCCCC(=O)N[C@@H](CCCN=C(N)N)C(=O)O)C[C@H]1CC[C@@H]1[C@@H]2[C@H](O)C(=O)[C@]2(C)[C@@H](c3ccc(=O)oc3)CC[C@]12O. The Labute approximate surface area is 304 Å². The summed E-state index contributed by atoms with van der Waals surface area (Å²) in [7, 11) is 0. The van der Waals surface area contributed by atoms with Crippen LogP contribution in [-0.2, 0) is 23.9 Å². The van der Waals surface area contributed by atoms with Gasteiger partial charge in [0.05, 0.1) is 17.3 Å². The first kappa shape index (κ1) is 39.4. The van der Waals surface area contributed by atoms with Crippen LogP contribution < -0.4 is 22.4 Å². The molecule has 0 spiro atoms. The molecule has 0 aliphatic heterocycles. The monoisotopic (exact) mass is 728 g/mol. The van der Waals surface area contributed by atoms with Crippen molar-refractivity contribution in [3.8, 4) is 0 Å². The van der Waals surface area contributed by atoms with Crippen molar-refractivity contribution in [2.75, 3.05) is 6.54 Å². The van der Waals surface area contributed by atoms with E-state index in [2.05, 4.69) is 17.2 Å². The van der Waals surface area contributed by atoms with Gasteiger partial charge in [-0.1, -0.05) is 19.8 Å². The van der Waals surface area contributed by atoms with Crippen LogP contribution in [0.1, 0.15) is 122 Å². The maximum Gasteiger partial charge on any atom is 0.335 e. The number of hydrogen-bond donors (Lipinski definition) is 6. The largest absolute Gasteiger partial charge is 0.480 e. The zero-order chi connectivity index (χ0) is 37.8. The van der Waals surface area contributed by atoms with Crippen molar-refractivity contribution < 1.29 is 43.7 Å². The molecule has 14 nitrogen and oxygen atoms in total. The van der Waals surface area contributed by atoms with E-state index in [9.17, 15) is 39.3 Å². The van der Waals surface area contributed by atoms with Gasteiger partial charge >= 0.3 is 17.6 Å². The number of amides is 1. The average Bonchev–Trinajstić information content (AvgIpc) is 3.38. The van der Waals surface area contributed by atoms with Crippen LogP contribution in [0.15, 0.2) is 32.6 Å². The molecule has 5 rings (SSSR count). The minimum Gasteiger partial charge on any atom is -0.480 e. The Bertz CT molecular complexity index is 1560. The second kappa shape index (κ2) is 16.1. The van der Waals surface area contributed by atoms with Gasteiger partial charge in [-0.2, -0.15) is 0 Å². The van der Waals surface area contributed by atoms with Gasteiger partial charge in [-0.3, -0.25) is 19.4 Å². The Balaban J connectivity index is 1.06. The third-order valence-corrected chi connectivity index (χ3v) is 13.2. The van der Waals surface area contributed by atoms with Gasteiger partial charge in [-0.15, -0.1) is 0 Å². The summed E-state index contributed by atoms with van der Waals surface area (Å²) in [5, 5.41) is 36.1. The van der Waals surface area contributed by atoms with Gasteiger partial charge in [0, 0.05) is 37.3 Å². The molecule has 0 radical (unpaired) electrons. The average molecular weight is 729 g/mol. The summed E-state index contributed by atoms with van der Waals surface area (Å²) in [6.07, 6.45) is 7.97. The predicted molar refractivity (Wildman–Crippen MR) is 190 cm³/mol. The van der Waals surface area contributed by atoms with Gasteiger partial charge in [0.25, 0.3) is 0 Å². The van der Waals surface area contributed by atoms with Gasteiger partial charge in [-0.05, 0) is 106 Å². The molecular formula is C38H56N4O10. The number of carboxylic acids is 1. The van der Waals surface area contributed by atoms with E-state index < -0.39 is 46.1 Å². The molecule has 1 heterocycles. The van der Waals surface area contributed by atoms with Crippen molar-refractivity contribution in [1.29, 1.82) is 0 Å². The smallest absolute Gasteiger partial charge is 0.335 e. The Morgan fingerprint density at radius 2 is 1.75 bits per heavy atom. The van der Waals surface area contributed by atoms with Gasteiger partial charge in [0.1, 0.15) is 18.2 Å². The van der Waals surface area contributed by atoms with E-state index >= 15 is 0 Å². The number of aliphatic imine (C=N–C) groups is 1. The number of aliphatic carboxylic acids is 1. The topological polar surface area (TPSA) is 245 Å². The van der Waals surface area contributed by atoms with Crippen molar-refractivity contribution >= 4 is 29.6 Å². The van der Waals surface area contributed by atoms with Crippen LogP contribution in [0.3, 0.4) is 0 Å². The number of fused-ring (bicyclic) bond motifs is 5. The minimum atomic E-state index is -1.30. The predicted octanol–water partition coefficient (Wildman–Crippen LogP) is 2.91. The number of carbonyl (C=O) groups excluding carboxylic acids is 3. The highest BCUT2D eigenvalue weighted by Gasteiger charge is 2.73. The number of nitrogens with two attached hydrogens (primary N) is 2. The van der Waals surface area contributed by atoms with Gasteiger partial charge < -0.3 is 41.3 Å². The van der Waals surface area contributed by atoms with Gasteiger partial charge in [-0.25, -0.2) is 9.59 Å². The third kappa shape index (κ3) is 7.78. The normalized spacial score (nSPS) is 34.3. The molecule has 0 saturated heterocycles. The molecular weight excluding hydrogens is 672 g/mol. The number of nitrogens with one attached hydrogen (secondary N) is 1. The summed E-state index contributed by atoms with van der Waals surface area (Å²) in [4.78, 5) is 66.2. The fraction of sp³-hybridized carbons (Fsp3) is 0.737. The number of esters is 1. The summed E-state index contributed by atoms with van der Waals surface area (Å²) in [5.41, 5.74) is 7.83. The first-order valence-electron chi connectivity index (χ1n) is 18.9. The molecule has 4 aliphatic rings. The van der Waals surface area contributed by atoms with Crippen LogP contribution in [0.4, 0.5) is 0 Å². The molecule has 14 heteroatoms. The van der Waals surface area contributed by atoms with Crippen LogP contribution >= 0.6 is 0 Å². The Hall–Kier alpha value is -3.78. The number of rotatable bonds is 15. The van der Waals surface area contributed by atoms with Crippen molar-refractivity contribution in [3.05, 3.63) is 34.4 Å². The molecule has 1 amide bonds. The number of nitrogens with zero attached hydrogens (tertiary/aromatic N) is 1. The van der Waals surface area contributed by atoms with E-state index in [1.807, 2.05) is 0 Å². The van der Waals surface area contributed by atoms with Crippen molar-refractivity contribution in [3.63, 3.8) is 0 Å². The number of ether oxygens (including phenoxy) is 1. The van der Waals surface area contributed by atoms with E-state index in [4.69, 9.17) is 20.6 Å². The molecule has 52 heavy (non-hydrogen) atoms. The fourth-order valence-corrected chi connectivity index (χ4v) is 10.4. The number of aliphatic hydroxyl groups excluding tert-OH is 1. The quantitative estimate of drug-likeness (QED) is 0.0661. The minimum absolute atomic E-state index is 0.0680. The lowest BCUT2D eigenvalue weighted by Gasteiger charge is -2.64. The number of hydrogen-bond acceptors (Lipinski definition) is 10. The molecule has 4 fully saturated rings. The zero-order valence-corrected chi connectivity index (χ0v) is 30.4. The van der Waals surface area contributed by atoms with Gasteiger partial charge in [0.2, 0.25) is 5.91 Å². The Morgan fingerprint density at radius 3 is 2.42 bits per heavy atom. The molecule has 0 aromatic carbocycles. The zero-order valence-electron chi connectivity index (χ0n) is 30.4. The first-order chi connectivity index (χ1) is 24.6. The number of guanidine groups is 1. The van der Waals surface area contributed by atoms with E-state index in [0.717, 1.165) is 12.8 Å². The molecule has 1 aromatic heterocycles. The van der Waals surface area contributed by atoms with Crippen LogP contribution in [-0.4, -0.2) is 75.3 Å². The highest BCUT2D eigenvalue weighted by atomic mass is 16.5. The third-order valence-electron chi connectivity index (χ3n) is 13.2. The summed E-state index contributed by atoms with van der Waals surface area (Å²) in [6, 6.07) is 1.98. The number of aliphatic hydroxyl groups is 2. The van der Waals surface area contributed by atoms with Crippen LogP contribution in [0.25, 0.3) is 0 Å². The van der Waals surface area contributed by atoms with Crippen molar-refractivity contribution in [1.82, 2.24) is 5.32 Å². The molecule has 8 N–H and O–H groups in total. The number of carboxylic acid groups (broad SMARTS) is 1. The summed E-state index contributed by atoms with van der Waals surface area (Å²) in [6.45, 7) is 4.19. The molecule has 0 bridgehead atoms. The maximum atomic E-state index is 14.2. The molecule has 0 unspecified atom stereocenters. The molecule has 4 saturated carbocycles. The lowest BCUT2D eigenvalue weighted by atomic mass is 9.42.